The predicted octanol–water partition coefficient (Wildman–Crippen LogP) is 3.76. The fourth-order valence-electron chi connectivity index (χ4n) is 3.06. The number of nitrogens with zero attached hydrogens (tertiary/aromatic N) is 4. The molecule has 3 N–H and O–H groups in total. The third-order valence-corrected chi connectivity index (χ3v) is 4.71. The van der Waals surface area contributed by atoms with Crippen LogP contribution in [0.25, 0.3) is 22.8 Å². The Kier molecular flexibility index (Phi) is 4.25. The first kappa shape index (κ1) is 17.0. The fraction of sp³-hybridized carbons (Fsp3) is 0.105. The molecule has 2 aromatic carbocycles. The summed E-state index contributed by atoms with van der Waals surface area (Å²) < 4.78 is 4.06. The van der Waals surface area contributed by atoms with Crippen molar-refractivity contribution >= 4 is 12.2 Å². The molecule has 0 saturated carbocycles. The molecule has 8 heteroatoms. The van der Waals surface area contributed by atoms with Crippen LogP contribution in [0.4, 0.5) is 0 Å². The van der Waals surface area contributed by atoms with Gasteiger partial charge in [-0.2, -0.15) is 5.10 Å². The number of hydrogen-bond acceptors (Lipinski definition) is 5. The van der Waals surface area contributed by atoms with E-state index >= 15 is 0 Å². The summed E-state index contributed by atoms with van der Waals surface area (Å²) in [5.41, 5.74) is 2.74. The largest absolute Gasteiger partial charge is 0.508 e. The van der Waals surface area contributed by atoms with E-state index in [0.717, 1.165) is 11.4 Å². The number of nitrogens with one attached hydrogen (secondary N) is 1. The summed E-state index contributed by atoms with van der Waals surface area (Å²) in [5.74, 6) is 0.537. The van der Waals surface area contributed by atoms with Crippen molar-refractivity contribution in [3.05, 3.63) is 65.5 Å². The van der Waals surface area contributed by atoms with Crippen molar-refractivity contribution in [3.63, 3.8) is 0 Å². The summed E-state index contributed by atoms with van der Waals surface area (Å²) in [4.78, 5) is 4.05. The average molecular weight is 379 g/mol. The van der Waals surface area contributed by atoms with Gasteiger partial charge in [-0.25, -0.2) is 4.98 Å². The van der Waals surface area contributed by atoms with Gasteiger partial charge in [0.2, 0.25) is 0 Å². The highest BCUT2D eigenvalue weighted by Gasteiger charge is 2.18. The molecule has 27 heavy (non-hydrogen) atoms. The highest BCUT2D eigenvalue weighted by atomic mass is 32.1. The van der Waals surface area contributed by atoms with Crippen LogP contribution in [-0.4, -0.2) is 34.5 Å². The number of aromatic nitrogens is 5. The molecule has 0 radical (unpaired) electrons. The number of H-pyrrole nitrogens is 1. The third-order valence-electron chi connectivity index (χ3n) is 4.44. The van der Waals surface area contributed by atoms with Crippen LogP contribution >= 0.6 is 12.2 Å². The van der Waals surface area contributed by atoms with Crippen LogP contribution in [0.15, 0.2) is 55.1 Å². The molecule has 0 spiro atoms. The van der Waals surface area contributed by atoms with Crippen molar-refractivity contribution < 1.29 is 10.2 Å². The molecule has 2 aromatic heterocycles. The Morgan fingerprint density at radius 3 is 2.48 bits per heavy atom. The van der Waals surface area contributed by atoms with Gasteiger partial charge in [0.25, 0.3) is 0 Å². The molecule has 0 fully saturated rings. The van der Waals surface area contributed by atoms with Gasteiger partial charge in [-0.1, -0.05) is 6.92 Å². The lowest BCUT2D eigenvalue weighted by atomic mass is 10.0. The van der Waals surface area contributed by atoms with Gasteiger partial charge < -0.3 is 14.8 Å². The first-order valence-corrected chi connectivity index (χ1v) is 8.81. The molecule has 0 saturated heterocycles. The monoisotopic (exact) mass is 379 g/mol. The number of imidazole rings is 1. The second-order valence-corrected chi connectivity index (χ2v) is 6.37. The Morgan fingerprint density at radius 2 is 1.81 bits per heavy atom. The van der Waals surface area contributed by atoms with Crippen molar-refractivity contribution in [1.82, 2.24) is 24.3 Å². The molecule has 4 aromatic rings. The first-order valence-electron chi connectivity index (χ1n) is 8.40. The third kappa shape index (κ3) is 2.89. The molecule has 2 heterocycles. The van der Waals surface area contributed by atoms with Crippen LogP contribution in [0.1, 0.15) is 12.5 Å². The standard InChI is InChI=1S/C19H17N5O2S/c1-2-14-16(25)8-7-15(17(14)26)18-21-22-19(27)24(18)13-5-3-12(4-6-13)23-10-9-20-11-23/h3-11,25-26H,2H2,1H3,(H,22,27). The van der Waals surface area contributed by atoms with Crippen LogP contribution in [0.3, 0.4) is 0 Å². The second kappa shape index (κ2) is 6.73. The predicted molar refractivity (Wildman–Crippen MR) is 104 cm³/mol. The van der Waals surface area contributed by atoms with E-state index in [2.05, 4.69) is 15.2 Å². The molecular weight excluding hydrogens is 362 g/mol. The van der Waals surface area contributed by atoms with E-state index in [4.69, 9.17) is 12.2 Å². The van der Waals surface area contributed by atoms with Gasteiger partial charge in [0, 0.05) is 23.6 Å². The molecular formula is C19H17N5O2S. The smallest absolute Gasteiger partial charge is 0.200 e. The van der Waals surface area contributed by atoms with Crippen molar-refractivity contribution in [2.24, 2.45) is 0 Å². The lowest BCUT2D eigenvalue weighted by molar-refractivity contribution is 0.440. The van der Waals surface area contributed by atoms with E-state index in [1.165, 1.54) is 0 Å². The summed E-state index contributed by atoms with van der Waals surface area (Å²) in [6, 6.07) is 10.9. The quantitative estimate of drug-likeness (QED) is 0.470. The van der Waals surface area contributed by atoms with E-state index in [1.807, 2.05) is 42.0 Å². The minimum Gasteiger partial charge on any atom is -0.508 e. The van der Waals surface area contributed by atoms with Crippen molar-refractivity contribution in [3.8, 4) is 34.3 Å². The fourth-order valence-corrected chi connectivity index (χ4v) is 3.30. The highest BCUT2D eigenvalue weighted by Crippen LogP contribution is 2.37. The zero-order valence-electron chi connectivity index (χ0n) is 14.5. The van der Waals surface area contributed by atoms with Crippen LogP contribution in [0, 0.1) is 4.77 Å². The maximum absolute atomic E-state index is 10.6. The van der Waals surface area contributed by atoms with E-state index in [-0.39, 0.29) is 11.5 Å². The maximum Gasteiger partial charge on any atom is 0.200 e. The van der Waals surface area contributed by atoms with Gasteiger partial charge in [0.05, 0.1) is 17.6 Å². The molecule has 0 unspecified atom stereocenters. The average Bonchev–Trinajstić information content (AvgIpc) is 3.33. The van der Waals surface area contributed by atoms with Crippen LogP contribution in [0.5, 0.6) is 11.5 Å². The second-order valence-electron chi connectivity index (χ2n) is 5.99. The van der Waals surface area contributed by atoms with Crippen molar-refractivity contribution in [1.29, 1.82) is 0 Å². The number of hydrogen-bond donors (Lipinski definition) is 3. The first-order chi connectivity index (χ1) is 13.1. The topological polar surface area (TPSA) is 91.9 Å². The van der Waals surface area contributed by atoms with Crippen molar-refractivity contribution in [2.45, 2.75) is 13.3 Å². The Morgan fingerprint density at radius 1 is 1.07 bits per heavy atom. The molecule has 0 aliphatic rings. The molecule has 0 amide bonds. The summed E-state index contributed by atoms with van der Waals surface area (Å²) in [6.07, 6.45) is 5.81. The highest BCUT2D eigenvalue weighted by molar-refractivity contribution is 7.71. The Hall–Kier alpha value is -3.39. The number of rotatable bonds is 4. The van der Waals surface area contributed by atoms with Gasteiger partial charge in [-0.05, 0) is 55.0 Å². The normalized spacial score (nSPS) is 11.0. The Labute approximate surface area is 160 Å². The zero-order chi connectivity index (χ0) is 19.0. The van der Waals surface area contributed by atoms with E-state index in [0.29, 0.717) is 28.1 Å². The van der Waals surface area contributed by atoms with Crippen molar-refractivity contribution in [2.75, 3.05) is 0 Å². The minimum atomic E-state index is 0.00258. The van der Waals surface area contributed by atoms with Gasteiger partial charge in [-0.15, -0.1) is 0 Å². The van der Waals surface area contributed by atoms with Gasteiger partial charge >= 0.3 is 0 Å². The summed E-state index contributed by atoms with van der Waals surface area (Å²) in [5, 5.41) is 27.6. The minimum absolute atomic E-state index is 0.00258. The number of aromatic hydroxyl groups is 2. The Bertz CT molecular complexity index is 1140. The summed E-state index contributed by atoms with van der Waals surface area (Å²) >= 11 is 5.40. The number of aromatic amines is 1. The molecule has 0 aliphatic carbocycles. The Balaban J connectivity index is 1.83. The SMILES string of the molecule is CCc1c(O)ccc(-c2n[nH]c(=S)n2-c2ccc(-n3ccnc3)cc2)c1O. The zero-order valence-corrected chi connectivity index (χ0v) is 15.3. The van der Waals surface area contributed by atoms with Gasteiger partial charge in [-0.3, -0.25) is 9.67 Å². The number of benzene rings is 2. The number of phenolic OH excluding ortho intramolecular Hbond substituents is 2. The molecule has 0 atom stereocenters. The summed E-state index contributed by atoms with van der Waals surface area (Å²) in [7, 11) is 0. The van der Waals surface area contributed by atoms with E-state index < -0.39 is 0 Å². The lowest BCUT2D eigenvalue weighted by Gasteiger charge is -2.12. The molecule has 7 nitrogen and oxygen atoms in total. The maximum atomic E-state index is 10.6. The van der Waals surface area contributed by atoms with Gasteiger partial charge in [0.15, 0.2) is 10.6 Å². The van der Waals surface area contributed by atoms with Crippen LogP contribution in [0.2, 0.25) is 0 Å². The van der Waals surface area contributed by atoms with E-state index in [1.54, 1.807) is 29.2 Å². The molecule has 0 aliphatic heterocycles. The molecule has 136 valence electrons. The molecule has 4 rings (SSSR count). The summed E-state index contributed by atoms with van der Waals surface area (Å²) in [6.45, 7) is 1.87. The van der Waals surface area contributed by atoms with E-state index in [9.17, 15) is 10.2 Å². The van der Waals surface area contributed by atoms with Gasteiger partial charge in [0.1, 0.15) is 11.5 Å². The molecule has 0 bridgehead atoms. The lowest BCUT2D eigenvalue weighted by Crippen LogP contribution is -2.00. The van der Waals surface area contributed by atoms with Crippen LogP contribution in [-0.2, 0) is 6.42 Å². The van der Waals surface area contributed by atoms with Crippen LogP contribution < -0.4 is 0 Å². The number of phenols is 2.